The van der Waals surface area contributed by atoms with Crippen molar-refractivity contribution in [3.05, 3.63) is 269 Å². The van der Waals surface area contributed by atoms with Crippen LogP contribution in [0.4, 0.5) is 0 Å². The normalized spacial score (nSPS) is 12.4. The molecule has 8 bridgehead atoms. The van der Waals surface area contributed by atoms with E-state index >= 15 is 0 Å². The lowest BCUT2D eigenvalue weighted by Gasteiger charge is -2.10. The molecule has 360 valence electrons. The summed E-state index contributed by atoms with van der Waals surface area (Å²) in [7, 11) is -3.93. The maximum atomic E-state index is 13.4. The van der Waals surface area contributed by atoms with Crippen LogP contribution in [0.15, 0.2) is 228 Å². The monoisotopic (exact) mass is 988 g/mol. The van der Waals surface area contributed by atoms with Gasteiger partial charge in [0.25, 0.3) is 10.0 Å². The summed E-state index contributed by atoms with van der Waals surface area (Å²) in [5.41, 5.74) is 19.8. The number of nitrogens with zero attached hydrogens (tertiary/aromatic N) is 3. The van der Waals surface area contributed by atoms with E-state index in [-0.39, 0.29) is 4.90 Å². The molecule has 2 aliphatic rings. The minimum atomic E-state index is -3.93. The predicted molar refractivity (Wildman–Crippen MR) is 310 cm³/mol. The Balaban J connectivity index is 1.08. The van der Waals surface area contributed by atoms with Crippen molar-refractivity contribution in [2.24, 2.45) is 5.10 Å². The van der Waals surface area contributed by atoms with Gasteiger partial charge in [0.1, 0.15) is 0 Å². The van der Waals surface area contributed by atoms with Crippen molar-refractivity contribution in [1.29, 1.82) is 0 Å². The number of nitrogens with one attached hydrogen (secondary N) is 3. The third kappa shape index (κ3) is 9.47. The van der Waals surface area contributed by atoms with Gasteiger partial charge in [0.15, 0.2) is 0 Å². The lowest BCUT2D eigenvalue weighted by Crippen LogP contribution is -2.21. The Morgan fingerprint density at radius 1 is 0.453 bits per heavy atom. The molecule has 9 heteroatoms. The SMILES string of the molecule is Cc1ccc(S(=O)(=O)N/N=C(/c2ccccc2)c2ccc(/C=C/c3cc4[nH]c3c(-c3ccccc3)c3nc(c(-c5ccccc5)c5ccc([nH]5)c(-c5ccccc5)c5nc(c4-c4ccccc4)C=C5)C=C3)cc2)cc1. The van der Waals surface area contributed by atoms with E-state index in [9.17, 15) is 8.42 Å². The summed E-state index contributed by atoms with van der Waals surface area (Å²) in [5, 5.41) is 4.52. The Bertz CT molecular complexity index is 4170. The number of rotatable bonds is 11. The van der Waals surface area contributed by atoms with E-state index in [1.807, 2.05) is 85.8 Å². The smallest absolute Gasteiger partial charge is 0.276 e. The zero-order chi connectivity index (χ0) is 50.7. The van der Waals surface area contributed by atoms with E-state index in [0.29, 0.717) is 5.71 Å². The molecule has 3 aromatic heterocycles. The van der Waals surface area contributed by atoms with E-state index in [4.69, 9.17) is 9.97 Å². The topological polar surface area (TPSA) is 116 Å². The Labute approximate surface area is 435 Å². The van der Waals surface area contributed by atoms with Gasteiger partial charge >= 0.3 is 0 Å². The molecule has 0 saturated carbocycles. The first-order valence-corrected chi connectivity index (χ1v) is 26.2. The number of H-pyrrole nitrogens is 2. The highest BCUT2D eigenvalue weighted by atomic mass is 32.2. The molecule has 0 radical (unpaired) electrons. The fourth-order valence-electron chi connectivity index (χ4n) is 9.78. The van der Waals surface area contributed by atoms with Crippen LogP contribution in [0.3, 0.4) is 0 Å². The summed E-state index contributed by atoms with van der Waals surface area (Å²) < 4.78 is 26.8. The van der Waals surface area contributed by atoms with E-state index in [1.165, 1.54) is 0 Å². The van der Waals surface area contributed by atoms with Crippen LogP contribution >= 0.6 is 0 Å². The van der Waals surface area contributed by atoms with Crippen LogP contribution in [0.2, 0.25) is 0 Å². The molecular formula is C66H48N6O2S. The molecule has 0 aliphatic carbocycles. The number of aryl methyl sites for hydroxylation is 1. The highest BCUT2D eigenvalue weighted by Crippen LogP contribution is 2.40. The van der Waals surface area contributed by atoms with Crippen molar-refractivity contribution >= 4 is 74.3 Å². The van der Waals surface area contributed by atoms with E-state index < -0.39 is 10.0 Å². The van der Waals surface area contributed by atoms with E-state index in [0.717, 1.165) is 117 Å². The van der Waals surface area contributed by atoms with Crippen molar-refractivity contribution in [2.75, 3.05) is 0 Å². The molecule has 5 heterocycles. The van der Waals surface area contributed by atoms with Gasteiger partial charge < -0.3 is 9.97 Å². The van der Waals surface area contributed by atoms with Crippen LogP contribution in [-0.4, -0.2) is 34.1 Å². The molecule has 75 heavy (non-hydrogen) atoms. The van der Waals surface area contributed by atoms with Gasteiger partial charge in [-0.3, -0.25) is 0 Å². The molecule has 12 rings (SSSR count). The van der Waals surface area contributed by atoms with E-state index in [2.05, 4.69) is 172 Å². The minimum Gasteiger partial charge on any atom is -0.354 e. The summed E-state index contributed by atoms with van der Waals surface area (Å²) in [6.45, 7) is 1.92. The van der Waals surface area contributed by atoms with Crippen LogP contribution in [0.5, 0.6) is 0 Å². The quantitative estimate of drug-likeness (QED) is 0.0884. The number of hydrogen-bond acceptors (Lipinski definition) is 5. The molecule has 2 aliphatic heterocycles. The maximum absolute atomic E-state index is 13.4. The Morgan fingerprint density at radius 3 is 1.37 bits per heavy atom. The van der Waals surface area contributed by atoms with Crippen molar-refractivity contribution in [2.45, 2.75) is 11.8 Å². The number of aromatic nitrogens is 4. The Kier molecular flexibility index (Phi) is 12.4. The number of fused-ring (bicyclic) bond motifs is 8. The maximum Gasteiger partial charge on any atom is 0.276 e. The second-order valence-electron chi connectivity index (χ2n) is 18.4. The lowest BCUT2D eigenvalue weighted by atomic mass is 10.00. The third-order valence-corrected chi connectivity index (χ3v) is 14.7. The second kappa shape index (κ2) is 20.1. The van der Waals surface area contributed by atoms with Crippen molar-refractivity contribution < 1.29 is 8.42 Å². The summed E-state index contributed by atoms with van der Waals surface area (Å²) >= 11 is 0. The summed E-state index contributed by atoms with van der Waals surface area (Å²) in [6.07, 6.45) is 12.7. The second-order valence-corrected chi connectivity index (χ2v) is 20.0. The first-order chi connectivity index (χ1) is 36.8. The van der Waals surface area contributed by atoms with Crippen LogP contribution in [0.25, 0.3) is 103 Å². The van der Waals surface area contributed by atoms with Gasteiger partial charge in [-0.1, -0.05) is 206 Å². The molecule has 3 N–H and O–H groups in total. The molecular weight excluding hydrogens is 941 g/mol. The minimum absolute atomic E-state index is 0.138. The Morgan fingerprint density at radius 2 is 0.880 bits per heavy atom. The number of benzene rings is 7. The van der Waals surface area contributed by atoms with Crippen molar-refractivity contribution in [3.8, 4) is 44.5 Å². The summed E-state index contributed by atoms with van der Waals surface area (Å²) in [5.74, 6) is 0. The van der Waals surface area contributed by atoms with Crippen LogP contribution < -0.4 is 4.83 Å². The van der Waals surface area contributed by atoms with Gasteiger partial charge in [0, 0.05) is 55.5 Å². The summed E-state index contributed by atoms with van der Waals surface area (Å²) in [4.78, 5) is 21.5. The number of sulfonamides is 1. The molecule has 7 aromatic carbocycles. The van der Waals surface area contributed by atoms with E-state index in [1.54, 1.807) is 24.3 Å². The molecule has 0 unspecified atom stereocenters. The fraction of sp³-hybridized carbons (Fsp3) is 0.0152. The predicted octanol–water partition coefficient (Wildman–Crippen LogP) is 15.5. The number of hydrogen-bond donors (Lipinski definition) is 3. The standard InChI is InChI=1S/C66H48N6O2S/c1-44-27-35-53(36-28-44)75(73,74)72-71-65(50-25-15-6-16-26-50)51-32-29-45(30-33-51)31-34-52-43-60-63(48-21-11-4-12-22-48)58-40-39-56(68-58)61(46-17-7-2-8-18-46)54-37-38-55(67-54)62(47-19-9-3-10-20-47)57-41-42-59(69-57)64(66(52)70-60)49-23-13-5-14-24-49/h2-43,67,70,72H,1H3/b34-31+,61-54?,61-56?,62-55?,62-57?,63-58?,63-60?,64-59?,66-64?,71-65-. The molecule has 0 atom stereocenters. The lowest BCUT2D eigenvalue weighted by molar-refractivity contribution is 0.584. The largest absolute Gasteiger partial charge is 0.354 e. The van der Waals surface area contributed by atoms with Crippen LogP contribution in [0.1, 0.15) is 50.6 Å². The molecule has 0 amide bonds. The van der Waals surface area contributed by atoms with Gasteiger partial charge in [-0.25, -0.2) is 9.97 Å². The average molecular weight is 989 g/mol. The molecule has 10 aromatic rings. The molecule has 0 spiro atoms. The van der Waals surface area contributed by atoms with Crippen LogP contribution in [0, 0.1) is 6.92 Å². The molecule has 8 nitrogen and oxygen atoms in total. The average Bonchev–Trinajstić information content (AvgIpc) is 4.31. The zero-order valence-corrected chi connectivity index (χ0v) is 41.6. The van der Waals surface area contributed by atoms with Gasteiger partial charge in [-0.15, -0.1) is 0 Å². The zero-order valence-electron chi connectivity index (χ0n) is 40.8. The Hall–Kier alpha value is -9.70. The van der Waals surface area contributed by atoms with Gasteiger partial charge in [-0.2, -0.15) is 18.4 Å². The molecule has 0 fully saturated rings. The fourth-order valence-corrected chi connectivity index (χ4v) is 10.6. The van der Waals surface area contributed by atoms with Crippen molar-refractivity contribution in [1.82, 2.24) is 24.8 Å². The summed E-state index contributed by atoms with van der Waals surface area (Å²) in [6, 6.07) is 72.5. The number of aromatic amines is 2. The van der Waals surface area contributed by atoms with Gasteiger partial charge in [0.2, 0.25) is 0 Å². The van der Waals surface area contributed by atoms with Crippen molar-refractivity contribution in [3.63, 3.8) is 0 Å². The number of hydrazone groups is 1. The van der Waals surface area contributed by atoms with Gasteiger partial charge in [0.05, 0.1) is 38.9 Å². The van der Waals surface area contributed by atoms with Gasteiger partial charge in [-0.05, 0) is 89.4 Å². The third-order valence-electron chi connectivity index (χ3n) is 13.4. The highest BCUT2D eigenvalue weighted by molar-refractivity contribution is 7.89. The first kappa shape index (κ1) is 46.4. The van der Waals surface area contributed by atoms with Crippen LogP contribution in [-0.2, 0) is 10.0 Å². The highest BCUT2D eigenvalue weighted by Gasteiger charge is 2.21. The first-order valence-electron chi connectivity index (χ1n) is 24.7. The molecule has 0 saturated heterocycles.